The van der Waals surface area contributed by atoms with Crippen molar-refractivity contribution in [2.45, 2.75) is 37.2 Å². The van der Waals surface area contributed by atoms with Gasteiger partial charge >= 0.3 is 0 Å². The second kappa shape index (κ2) is 9.82. The summed E-state index contributed by atoms with van der Waals surface area (Å²) in [5.74, 6) is 2.26. The third-order valence-electron chi connectivity index (χ3n) is 7.46. The zero-order valence-corrected chi connectivity index (χ0v) is 21.7. The maximum Gasteiger partial charge on any atom is 0.236 e. The third-order valence-corrected chi connectivity index (χ3v) is 8.33. The Morgan fingerprint density at radius 2 is 2.08 bits per heavy atom. The van der Waals surface area contributed by atoms with Crippen LogP contribution in [0.5, 0.6) is 0 Å². The molecule has 3 aliphatic rings. The summed E-state index contributed by atoms with van der Waals surface area (Å²) in [6.45, 7) is 0.730. The van der Waals surface area contributed by atoms with Crippen molar-refractivity contribution in [2.75, 3.05) is 24.6 Å². The van der Waals surface area contributed by atoms with Crippen molar-refractivity contribution in [2.24, 2.45) is 23.9 Å². The van der Waals surface area contributed by atoms with Crippen LogP contribution in [0.15, 0.2) is 34.1 Å². The number of nitrogens with two attached hydrogens (primary N) is 1. The van der Waals surface area contributed by atoms with E-state index in [1.807, 2.05) is 10.9 Å². The van der Waals surface area contributed by atoms with Gasteiger partial charge in [-0.15, -0.1) is 11.3 Å². The molecule has 3 aromatic rings. The first-order chi connectivity index (χ1) is 17.3. The number of fused-ring (bicyclic) bond motifs is 1. The lowest BCUT2D eigenvalue weighted by atomic mass is 9.92. The topological polar surface area (TPSA) is 107 Å². The van der Waals surface area contributed by atoms with Gasteiger partial charge in [-0.2, -0.15) is 5.10 Å². The summed E-state index contributed by atoms with van der Waals surface area (Å²) in [5.41, 5.74) is 10.7. The van der Waals surface area contributed by atoms with Crippen molar-refractivity contribution in [1.29, 1.82) is 0 Å². The number of thiazole rings is 1. The Labute approximate surface area is 217 Å². The van der Waals surface area contributed by atoms with E-state index in [0.717, 1.165) is 55.6 Å². The molecule has 0 bridgehead atoms. The molecule has 2 saturated carbocycles. The Hall–Kier alpha value is -2.98. The predicted octanol–water partition coefficient (Wildman–Crippen LogP) is 4.91. The summed E-state index contributed by atoms with van der Waals surface area (Å²) in [7, 11) is 3.55. The number of hydrogen-bond acceptors (Lipinski definition) is 8. The lowest BCUT2D eigenvalue weighted by Gasteiger charge is -2.24. The van der Waals surface area contributed by atoms with E-state index >= 15 is 0 Å². The molecule has 0 saturated heterocycles. The van der Waals surface area contributed by atoms with Gasteiger partial charge in [-0.3, -0.25) is 9.48 Å². The van der Waals surface area contributed by atoms with Crippen LogP contribution in [0, 0.1) is 17.7 Å². The fourth-order valence-electron chi connectivity index (χ4n) is 5.77. The number of anilines is 2. The lowest BCUT2D eigenvalue weighted by Crippen LogP contribution is -2.31. The maximum absolute atomic E-state index is 12.5. The Balaban J connectivity index is 0.000000226. The number of nitrogens with one attached hydrogen (secondary N) is 1. The van der Waals surface area contributed by atoms with Crippen molar-refractivity contribution in [3.05, 3.63) is 56.9 Å². The van der Waals surface area contributed by atoms with E-state index in [2.05, 4.69) is 20.4 Å². The van der Waals surface area contributed by atoms with E-state index in [-0.39, 0.29) is 16.4 Å². The quantitative estimate of drug-likeness (QED) is 0.464. The molecule has 0 radical (unpaired) electrons. The van der Waals surface area contributed by atoms with Gasteiger partial charge in [-0.25, -0.2) is 14.4 Å². The first-order valence-electron chi connectivity index (χ1n) is 11.8. The second-order valence-corrected chi connectivity index (χ2v) is 10.8. The number of nitrogens with zero attached hydrogens (tertiary/aromatic N) is 4. The van der Waals surface area contributed by atoms with Gasteiger partial charge in [-0.1, -0.05) is 11.6 Å². The normalized spacial score (nSPS) is 26.2. The molecule has 2 aliphatic carbocycles. The standard InChI is InChI=1S/C18H21N5O2S.C7H7ClFN/c1-23-16(19)13(6-24)15(22-23)10-2-11-4-18(5-12(11)3-10)8-20-17(25-18)14-7-26-9-21-14;1-10-5-2-3-7(9)6(8)4-5/h6-7,9-12H,2-5,8,19H2,1H3;2-4,10H,1H3. The third kappa shape index (κ3) is 4.59. The lowest BCUT2D eigenvalue weighted by molar-refractivity contribution is 0.0850. The van der Waals surface area contributed by atoms with E-state index < -0.39 is 0 Å². The van der Waals surface area contributed by atoms with Gasteiger partial charge in [0.1, 0.15) is 22.9 Å². The molecule has 11 heteroatoms. The summed E-state index contributed by atoms with van der Waals surface area (Å²) < 4.78 is 20.4. The zero-order valence-electron chi connectivity index (χ0n) is 20.1. The smallest absolute Gasteiger partial charge is 0.236 e. The van der Waals surface area contributed by atoms with Crippen LogP contribution < -0.4 is 11.1 Å². The van der Waals surface area contributed by atoms with Crippen LogP contribution in [-0.2, 0) is 11.8 Å². The zero-order chi connectivity index (χ0) is 25.4. The first kappa shape index (κ1) is 24.7. The number of ether oxygens (including phenoxy) is 1. The fraction of sp³-hybridized carbons (Fsp3) is 0.440. The molecule has 1 spiro atoms. The number of halogens is 2. The summed E-state index contributed by atoms with van der Waals surface area (Å²) in [5, 5.41) is 9.50. The van der Waals surface area contributed by atoms with Crippen LogP contribution in [0.2, 0.25) is 5.02 Å². The molecule has 3 N–H and O–H groups in total. The van der Waals surface area contributed by atoms with E-state index in [1.165, 1.54) is 12.1 Å². The highest BCUT2D eigenvalue weighted by Crippen LogP contribution is 2.56. The van der Waals surface area contributed by atoms with Gasteiger partial charge in [-0.05, 0) is 55.7 Å². The van der Waals surface area contributed by atoms with E-state index in [0.29, 0.717) is 35.0 Å². The molecule has 2 aromatic heterocycles. The van der Waals surface area contributed by atoms with Crippen LogP contribution >= 0.6 is 22.9 Å². The first-order valence-corrected chi connectivity index (χ1v) is 13.2. The van der Waals surface area contributed by atoms with E-state index in [9.17, 15) is 9.18 Å². The number of hydrogen-bond donors (Lipinski definition) is 2. The van der Waals surface area contributed by atoms with E-state index in [1.54, 1.807) is 36.2 Å². The Bertz CT molecular complexity index is 1280. The monoisotopic (exact) mass is 530 g/mol. The van der Waals surface area contributed by atoms with Gasteiger partial charge in [0.05, 0.1) is 28.3 Å². The minimum Gasteiger partial charge on any atom is -0.468 e. The number of aryl methyl sites for hydroxylation is 1. The molecule has 36 heavy (non-hydrogen) atoms. The molecule has 2 fully saturated rings. The molecule has 1 aromatic carbocycles. The fourth-order valence-corrected chi connectivity index (χ4v) is 6.48. The molecule has 8 nitrogen and oxygen atoms in total. The van der Waals surface area contributed by atoms with Crippen molar-refractivity contribution in [3.63, 3.8) is 0 Å². The van der Waals surface area contributed by atoms with Crippen LogP contribution in [0.4, 0.5) is 15.9 Å². The van der Waals surface area contributed by atoms with Crippen LogP contribution in [-0.4, -0.2) is 46.1 Å². The molecule has 0 amide bonds. The van der Waals surface area contributed by atoms with Gasteiger partial charge in [0.25, 0.3) is 0 Å². The van der Waals surface area contributed by atoms with Gasteiger partial charge < -0.3 is 15.8 Å². The minimum absolute atomic E-state index is 0.145. The van der Waals surface area contributed by atoms with Crippen molar-refractivity contribution >= 4 is 46.6 Å². The highest BCUT2D eigenvalue weighted by molar-refractivity contribution is 7.07. The van der Waals surface area contributed by atoms with Gasteiger partial charge in [0.15, 0.2) is 6.29 Å². The molecule has 190 valence electrons. The average Bonchev–Trinajstić information content (AvgIpc) is 3.67. The molecule has 1 aliphatic heterocycles. The number of aliphatic imine (C=N–C) groups is 1. The number of carbonyl (C=O) groups excluding carboxylic acids is 1. The molecular formula is C25H28ClFN6O2S. The largest absolute Gasteiger partial charge is 0.468 e. The predicted molar refractivity (Wildman–Crippen MR) is 139 cm³/mol. The maximum atomic E-state index is 12.5. The van der Waals surface area contributed by atoms with Gasteiger partial charge in [0.2, 0.25) is 5.90 Å². The SMILES string of the molecule is CNc1ccc(F)c(Cl)c1.Cn1nc(C2CC3CC4(CN=C(c5cscn5)O4)CC3C2)c(C=O)c1N. The number of rotatable bonds is 4. The van der Waals surface area contributed by atoms with Crippen LogP contribution in [0.1, 0.15) is 53.3 Å². The highest BCUT2D eigenvalue weighted by Gasteiger charge is 2.54. The number of aldehydes is 1. The van der Waals surface area contributed by atoms with Crippen LogP contribution in [0.25, 0.3) is 0 Å². The van der Waals surface area contributed by atoms with E-state index in [4.69, 9.17) is 22.1 Å². The Morgan fingerprint density at radius 1 is 1.33 bits per heavy atom. The number of nitrogen functional groups attached to an aromatic ring is 1. The number of benzene rings is 1. The Morgan fingerprint density at radius 3 is 2.69 bits per heavy atom. The summed E-state index contributed by atoms with van der Waals surface area (Å²) in [6, 6.07) is 4.49. The summed E-state index contributed by atoms with van der Waals surface area (Å²) in [6.07, 6.45) is 4.97. The number of aromatic nitrogens is 3. The highest BCUT2D eigenvalue weighted by atomic mass is 35.5. The van der Waals surface area contributed by atoms with Gasteiger partial charge in [0, 0.05) is 31.1 Å². The van der Waals surface area contributed by atoms with Crippen molar-refractivity contribution in [3.8, 4) is 0 Å². The number of carbonyl (C=O) groups is 1. The summed E-state index contributed by atoms with van der Waals surface area (Å²) in [4.78, 5) is 20.4. The molecule has 2 atom stereocenters. The molecule has 6 rings (SSSR count). The van der Waals surface area contributed by atoms with Crippen LogP contribution in [0.3, 0.4) is 0 Å². The van der Waals surface area contributed by atoms with Crippen molar-refractivity contribution < 1.29 is 13.9 Å². The summed E-state index contributed by atoms with van der Waals surface area (Å²) >= 11 is 7.04. The molecular weight excluding hydrogens is 503 g/mol. The minimum atomic E-state index is -0.388. The molecule has 2 unspecified atom stereocenters. The second-order valence-electron chi connectivity index (χ2n) is 9.68. The van der Waals surface area contributed by atoms with Crippen molar-refractivity contribution in [1.82, 2.24) is 14.8 Å². The Kier molecular flexibility index (Phi) is 6.74. The molecule has 3 heterocycles. The average molecular weight is 531 g/mol.